The molecule has 0 spiro atoms. The van der Waals surface area contributed by atoms with E-state index in [0.29, 0.717) is 18.7 Å². The van der Waals surface area contributed by atoms with E-state index in [0.717, 1.165) is 12.8 Å². The summed E-state index contributed by atoms with van der Waals surface area (Å²) in [6.45, 7) is 0.604. The maximum absolute atomic E-state index is 11.9. The van der Waals surface area contributed by atoms with Gasteiger partial charge in [-0.1, -0.05) is 6.42 Å². The predicted octanol–water partition coefficient (Wildman–Crippen LogP) is 0.387. The number of anilines is 2. The fraction of sp³-hybridized carbons (Fsp3) is 0.312. The van der Waals surface area contributed by atoms with Crippen molar-refractivity contribution in [2.24, 2.45) is 11.5 Å². The lowest BCUT2D eigenvalue weighted by Crippen LogP contribution is -2.29. The predicted molar refractivity (Wildman–Crippen MR) is 102 cm³/mol. The summed E-state index contributed by atoms with van der Waals surface area (Å²) in [5, 5.41) is 8.33. The van der Waals surface area contributed by atoms with Gasteiger partial charge in [0.2, 0.25) is 5.95 Å². The number of nitrogens with zero attached hydrogens (tertiary/aromatic N) is 2. The number of sulfonamides is 1. The van der Waals surface area contributed by atoms with E-state index in [1.807, 2.05) is 0 Å². The molecule has 0 aliphatic heterocycles. The molecule has 11 heteroatoms. The molecule has 0 amide bonds. The number of carboxylic acids is 1. The number of aromatic nitrogens is 2. The third kappa shape index (κ3) is 8.44. The molecule has 0 bridgehead atoms. The molecule has 1 aromatic heterocycles. The van der Waals surface area contributed by atoms with Crippen molar-refractivity contribution in [3.63, 3.8) is 0 Å². The number of nitrogen functional groups attached to an aromatic ring is 1. The van der Waals surface area contributed by atoms with Crippen LogP contribution in [0.2, 0.25) is 0 Å². The first-order valence-electron chi connectivity index (χ1n) is 8.10. The summed E-state index contributed by atoms with van der Waals surface area (Å²) >= 11 is 0. The zero-order valence-electron chi connectivity index (χ0n) is 14.7. The first-order valence-corrected chi connectivity index (χ1v) is 9.58. The van der Waals surface area contributed by atoms with Gasteiger partial charge in [-0.25, -0.2) is 23.1 Å². The molecular weight excluding hydrogens is 372 g/mol. The summed E-state index contributed by atoms with van der Waals surface area (Å²) in [7, 11) is -3.66. The topological polar surface area (TPSA) is 187 Å². The Balaban J connectivity index is 0.000000314. The van der Waals surface area contributed by atoms with E-state index in [4.69, 9.17) is 22.3 Å². The fourth-order valence-electron chi connectivity index (χ4n) is 1.81. The number of rotatable bonds is 8. The van der Waals surface area contributed by atoms with Gasteiger partial charge in [0.15, 0.2) is 0 Å². The molecule has 1 aromatic carbocycles. The van der Waals surface area contributed by atoms with Crippen molar-refractivity contribution < 1.29 is 18.3 Å². The van der Waals surface area contributed by atoms with E-state index in [1.54, 1.807) is 6.07 Å². The zero-order chi connectivity index (χ0) is 20.3. The highest BCUT2D eigenvalue weighted by molar-refractivity contribution is 7.92. The monoisotopic (exact) mass is 396 g/mol. The Bertz CT molecular complexity index is 799. The van der Waals surface area contributed by atoms with Gasteiger partial charge in [0, 0.05) is 18.1 Å². The van der Waals surface area contributed by atoms with E-state index < -0.39 is 22.0 Å². The Morgan fingerprint density at radius 2 is 1.74 bits per heavy atom. The molecule has 0 saturated heterocycles. The molecule has 27 heavy (non-hydrogen) atoms. The summed E-state index contributed by atoms with van der Waals surface area (Å²) in [5.41, 5.74) is 16.4. The van der Waals surface area contributed by atoms with Crippen molar-refractivity contribution in [3.05, 3.63) is 42.7 Å². The quantitative estimate of drug-likeness (QED) is 0.310. The van der Waals surface area contributed by atoms with Gasteiger partial charge < -0.3 is 22.3 Å². The molecule has 1 heterocycles. The molecule has 1 atom stereocenters. The first-order chi connectivity index (χ1) is 12.8. The van der Waals surface area contributed by atoms with Gasteiger partial charge in [-0.3, -0.25) is 4.79 Å². The summed E-state index contributed by atoms with van der Waals surface area (Å²) in [5.74, 6) is -0.902. The normalized spacial score (nSPS) is 11.8. The number of nitrogens with two attached hydrogens (primary N) is 3. The van der Waals surface area contributed by atoms with Crippen molar-refractivity contribution in [2.45, 2.75) is 30.2 Å². The van der Waals surface area contributed by atoms with E-state index in [-0.39, 0.29) is 10.8 Å². The van der Waals surface area contributed by atoms with Crippen LogP contribution in [0.3, 0.4) is 0 Å². The lowest BCUT2D eigenvalue weighted by Gasteiger charge is -2.05. The minimum atomic E-state index is -3.66. The summed E-state index contributed by atoms with van der Waals surface area (Å²) < 4.78 is 26.0. The third-order valence-electron chi connectivity index (χ3n) is 3.27. The molecule has 0 aliphatic rings. The Morgan fingerprint density at radius 3 is 2.26 bits per heavy atom. The molecule has 8 N–H and O–H groups in total. The van der Waals surface area contributed by atoms with Crippen LogP contribution < -0.4 is 21.9 Å². The van der Waals surface area contributed by atoms with Gasteiger partial charge in [0.25, 0.3) is 10.0 Å². The number of benzene rings is 1. The van der Waals surface area contributed by atoms with E-state index >= 15 is 0 Å². The molecule has 0 aliphatic carbocycles. The van der Waals surface area contributed by atoms with Crippen molar-refractivity contribution >= 4 is 27.6 Å². The smallest absolute Gasteiger partial charge is 0.320 e. The highest BCUT2D eigenvalue weighted by atomic mass is 32.2. The van der Waals surface area contributed by atoms with Gasteiger partial charge in [-0.2, -0.15) is 0 Å². The SMILES string of the molecule is NCCCC[C@H](N)C(=O)O.Nc1ccc(S(=O)(=O)Nc2ncccn2)cc1. The molecule has 2 aromatic rings. The van der Waals surface area contributed by atoms with Crippen LogP contribution in [0.15, 0.2) is 47.6 Å². The van der Waals surface area contributed by atoms with Gasteiger partial charge >= 0.3 is 5.97 Å². The molecule has 148 valence electrons. The molecular formula is C16H24N6O4S. The van der Waals surface area contributed by atoms with Gasteiger partial charge in [-0.15, -0.1) is 0 Å². The summed E-state index contributed by atoms with van der Waals surface area (Å²) in [6, 6.07) is 6.75. The molecule has 0 unspecified atom stereocenters. The second kappa shape index (κ2) is 11.1. The Hall–Kier alpha value is -2.76. The Labute approximate surface area is 157 Å². The minimum Gasteiger partial charge on any atom is -0.480 e. The van der Waals surface area contributed by atoms with Crippen LogP contribution in [0.4, 0.5) is 11.6 Å². The van der Waals surface area contributed by atoms with Crippen LogP contribution in [0.1, 0.15) is 19.3 Å². The van der Waals surface area contributed by atoms with Gasteiger partial charge in [0.1, 0.15) is 6.04 Å². The number of aliphatic carboxylic acids is 1. The van der Waals surface area contributed by atoms with Crippen molar-refractivity contribution in [2.75, 3.05) is 17.0 Å². The van der Waals surface area contributed by atoms with Crippen LogP contribution in [-0.2, 0) is 14.8 Å². The number of carboxylic acid groups (broad SMARTS) is 1. The van der Waals surface area contributed by atoms with Gasteiger partial charge in [-0.05, 0) is 49.7 Å². The maximum atomic E-state index is 11.9. The second-order valence-electron chi connectivity index (χ2n) is 5.48. The van der Waals surface area contributed by atoms with Crippen LogP contribution in [0.25, 0.3) is 0 Å². The van der Waals surface area contributed by atoms with Crippen LogP contribution in [-0.4, -0.2) is 42.0 Å². The Morgan fingerprint density at radius 1 is 1.15 bits per heavy atom. The van der Waals surface area contributed by atoms with E-state index in [9.17, 15) is 13.2 Å². The first kappa shape index (κ1) is 22.3. The standard InChI is InChI=1S/C10H10N4O2S.C6H14N2O2/c11-8-2-4-9(5-3-8)17(15,16)14-10-12-6-1-7-13-10;7-4-2-1-3-5(8)6(9)10/h1-7H,11H2,(H,12,13,14);5H,1-4,7-8H2,(H,9,10)/t;5-/m.0/s1. The highest BCUT2D eigenvalue weighted by Gasteiger charge is 2.14. The van der Waals surface area contributed by atoms with Crippen molar-refractivity contribution in [1.82, 2.24) is 9.97 Å². The lowest BCUT2D eigenvalue weighted by molar-refractivity contribution is -0.138. The third-order valence-corrected chi connectivity index (χ3v) is 4.61. The molecule has 2 rings (SSSR count). The summed E-state index contributed by atoms with van der Waals surface area (Å²) in [6.07, 6.45) is 5.07. The number of unbranched alkanes of at least 4 members (excludes halogenated alkanes) is 1. The fourth-order valence-corrected chi connectivity index (χ4v) is 2.77. The number of hydrogen-bond acceptors (Lipinski definition) is 8. The summed E-state index contributed by atoms with van der Waals surface area (Å²) in [4.78, 5) is 17.8. The average Bonchev–Trinajstić information content (AvgIpc) is 2.63. The average molecular weight is 396 g/mol. The Kier molecular flexibility index (Phi) is 9.13. The van der Waals surface area contributed by atoms with Crippen LogP contribution in [0, 0.1) is 0 Å². The van der Waals surface area contributed by atoms with Crippen molar-refractivity contribution in [1.29, 1.82) is 0 Å². The zero-order valence-corrected chi connectivity index (χ0v) is 15.5. The highest BCUT2D eigenvalue weighted by Crippen LogP contribution is 2.14. The van der Waals surface area contributed by atoms with Crippen LogP contribution in [0.5, 0.6) is 0 Å². The molecule has 0 fully saturated rings. The lowest BCUT2D eigenvalue weighted by atomic mass is 10.1. The number of nitrogens with one attached hydrogen (secondary N) is 1. The minimum absolute atomic E-state index is 0.0318. The molecule has 0 radical (unpaired) electrons. The van der Waals surface area contributed by atoms with Crippen LogP contribution >= 0.6 is 0 Å². The molecule has 0 saturated carbocycles. The van der Waals surface area contributed by atoms with E-state index in [1.165, 1.54) is 36.7 Å². The van der Waals surface area contributed by atoms with Crippen molar-refractivity contribution in [3.8, 4) is 0 Å². The number of carbonyl (C=O) groups is 1. The number of hydrogen-bond donors (Lipinski definition) is 5. The largest absolute Gasteiger partial charge is 0.480 e. The van der Waals surface area contributed by atoms with E-state index in [2.05, 4.69) is 14.7 Å². The second-order valence-corrected chi connectivity index (χ2v) is 7.16. The van der Waals surface area contributed by atoms with Gasteiger partial charge in [0.05, 0.1) is 4.90 Å². The molecule has 10 nitrogen and oxygen atoms in total. The maximum Gasteiger partial charge on any atom is 0.320 e.